The average molecular weight is 604 g/mol. The lowest BCUT2D eigenvalue weighted by Gasteiger charge is -2.21. The molecule has 6 aromatic carbocycles. The Kier molecular flexibility index (Phi) is 5.31. The number of aromatic nitrogens is 3. The highest BCUT2D eigenvalue weighted by Crippen LogP contribution is 2.53. The molecule has 3 aromatic heterocycles. The predicted molar refractivity (Wildman–Crippen MR) is 192 cm³/mol. The Balaban J connectivity index is 1.33. The summed E-state index contributed by atoms with van der Waals surface area (Å²) < 4.78 is 8.82. The number of para-hydroxylation sites is 3. The lowest BCUT2D eigenvalue weighted by molar-refractivity contribution is 0.653. The summed E-state index contributed by atoms with van der Waals surface area (Å²) in [6, 6.07) is 49.3. The molecule has 0 fully saturated rings. The van der Waals surface area contributed by atoms with Crippen LogP contribution in [0.5, 0.6) is 0 Å². The van der Waals surface area contributed by atoms with Crippen LogP contribution in [-0.4, -0.2) is 14.5 Å². The Morgan fingerprint density at radius 3 is 2.13 bits per heavy atom. The van der Waals surface area contributed by atoms with Crippen molar-refractivity contribution < 1.29 is 4.42 Å². The number of furan rings is 1. The van der Waals surface area contributed by atoms with Crippen molar-refractivity contribution in [3.05, 3.63) is 151 Å². The predicted octanol–water partition coefficient (Wildman–Crippen LogP) is 11.1. The molecule has 0 N–H and O–H groups in total. The monoisotopic (exact) mass is 603 g/mol. The van der Waals surface area contributed by atoms with Crippen molar-refractivity contribution in [1.29, 1.82) is 0 Å². The standard InChI is InChI=1S/C43H29N3O/c1-43(2)31-20-10-6-16-27(31)37-32(43)24-25-35-38(37)28-17-7-11-21-33(28)46(35)34-22-12-8-18-29(34)40-39-30-19-9-13-23-36(30)47-42(39)45-41(44-40)26-14-4-3-5-15-26/h3-25H,1-2H3. The van der Waals surface area contributed by atoms with E-state index in [-0.39, 0.29) is 5.41 Å². The van der Waals surface area contributed by atoms with Crippen molar-refractivity contribution >= 4 is 43.9 Å². The van der Waals surface area contributed by atoms with Gasteiger partial charge in [0.25, 0.3) is 0 Å². The summed E-state index contributed by atoms with van der Waals surface area (Å²) in [6.07, 6.45) is 0. The van der Waals surface area contributed by atoms with Crippen molar-refractivity contribution in [3.8, 4) is 39.5 Å². The molecule has 0 amide bonds. The smallest absolute Gasteiger partial charge is 0.231 e. The Morgan fingerprint density at radius 2 is 1.26 bits per heavy atom. The molecule has 0 aliphatic heterocycles. The molecule has 0 saturated heterocycles. The SMILES string of the molecule is CC1(C)c2ccccc2-c2c1ccc1c2c2ccccc2n1-c1ccccc1-c1nc(-c2ccccc2)nc2oc3ccccc3c12. The van der Waals surface area contributed by atoms with Gasteiger partial charge in [0.05, 0.1) is 27.8 Å². The number of benzene rings is 6. The first-order chi connectivity index (χ1) is 23.1. The van der Waals surface area contributed by atoms with Gasteiger partial charge in [0.15, 0.2) is 5.82 Å². The molecule has 47 heavy (non-hydrogen) atoms. The topological polar surface area (TPSA) is 43.9 Å². The number of hydrogen-bond acceptors (Lipinski definition) is 3. The van der Waals surface area contributed by atoms with Crippen LogP contribution in [0, 0.1) is 0 Å². The molecule has 0 spiro atoms. The van der Waals surface area contributed by atoms with E-state index < -0.39 is 0 Å². The molecule has 3 heterocycles. The van der Waals surface area contributed by atoms with Crippen molar-refractivity contribution in [3.63, 3.8) is 0 Å². The minimum atomic E-state index is -0.0794. The third-order valence-corrected chi connectivity index (χ3v) is 10.1. The molecule has 1 aliphatic carbocycles. The molecule has 9 aromatic rings. The number of nitrogens with zero attached hydrogens (tertiary/aromatic N) is 3. The maximum atomic E-state index is 6.39. The molecule has 4 heteroatoms. The highest BCUT2D eigenvalue weighted by atomic mass is 16.3. The van der Waals surface area contributed by atoms with Crippen LogP contribution in [-0.2, 0) is 5.41 Å². The third-order valence-electron chi connectivity index (χ3n) is 10.1. The lowest BCUT2D eigenvalue weighted by atomic mass is 9.82. The first kappa shape index (κ1) is 26.2. The first-order valence-corrected chi connectivity index (χ1v) is 16.1. The average Bonchev–Trinajstić information content (AvgIpc) is 3.74. The second-order valence-electron chi connectivity index (χ2n) is 13.0. The van der Waals surface area contributed by atoms with E-state index in [1.165, 1.54) is 38.5 Å². The zero-order valence-corrected chi connectivity index (χ0v) is 26.0. The summed E-state index contributed by atoms with van der Waals surface area (Å²) in [5.41, 5.74) is 12.9. The van der Waals surface area contributed by atoms with Gasteiger partial charge in [0.1, 0.15) is 5.58 Å². The Bertz CT molecular complexity index is 2710. The molecule has 222 valence electrons. The molecule has 10 rings (SSSR count). The van der Waals surface area contributed by atoms with Crippen molar-refractivity contribution in [1.82, 2.24) is 14.5 Å². The summed E-state index contributed by atoms with van der Waals surface area (Å²) >= 11 is 0. The van der Waals surface area contributed by atoms with Gasteiger partial charge in [-0.25, -0.2) is 4.98 Å². The van der Waals surface area contributed by atoms with Crippen LogP contribution >= 0.6 is 0 Å². The summed E-state index contributed by atoms with van der Waals surface area (Å²) in [4.78, 5) is 10.3. The summed E-state index contributed by atoms with van der Waals surface area (Å²) in [6.45, 7) is 4.69. The normalized spacial score (nSPS) is 13.5. The Hall–Kier alpha value is -6.00. The minimum absolute atomic E-state index is 0.0794. The Morgan fingerprint density at radius 1 is 0.553 bits per heavy atom. The van der Waals surface area contributed by atoms with Gasteiger partial charge in [0.2, 0.25) is 5.71 Å². The van der Waals surface area contributed by atoms with Gasteiger partial charge in [-0.3, -0.25) is 0 Å². The van der Waals surface area contributed by atoms with Crippen molar-refractivity contribution in [2.45, 2.75) is 19.3 Å². The van der Waals surface area contributed by atoms with Crippen LogP contribution < -0.4 is 0 Å². The highest BCUT2D eigenvalue weighted by Gasteiger charge is 2.37. The Labute approximate surface area is 271 Å². The fourth-order valence-electron chi connectivity index (χ4n) is 7.92. The van der Waals surface area contributed by atoms with E-state index in [0.29, 0.717) is 11.5 Å². The molecule has 0 bridgehead atoms. The van der Waals surface area contributed by atoms with Crippen LogP contribution in [0.2, 0.25) is 0 Å². The van der Waals surface area contributed by atoms with Gasteiger partial charge in [-0.2, -0.15) is 4.98 Å². The highest BCUT2D eigenvalue weighted by molar-refractivity contribution is 6.18. The van der Waals surface area contributed by atoms with Gasteiger partial charge in [-0.15, -0.1) is 0 Å². The van der Waals surface area contributed by atoms with E-state index in [0.717, 1.165) is 44.4 Å². The quantitative estimate of drug-likeness (QED) is 0.202. The molecule has 1 aliphatic rings. The molecular formula is C43H29N3O. The lowest BCUT2D eigenvalue weighted by Crippen LogP contribution is -2.14. The second-order valence-corrected chi connectivity index (χ2v) is 13.0. The maximum Gasteiger partial charge on any atom is 0.231 e. The molecule has 0 atom stereocenters. The van der Waals surface area contributed by atoms with E-state index in [2.05, 4.69) is 109 Å². The minimum Gasteiger partial charge on any atom is -0.438 e. The number of fused-ring (bicyclic) bond motifs is 10. The van der Waals surface area contributed by atoms with E-state index in [1.807, 2.05) is 48.5 Å². The van der Waals surface area contributed by atoms with Gasteiger partial charge in [0, 0.05) is 32.7 Å². The van der Waals surface area contributed by atoms with E-state index in [9.17, 15) is 0 Å². The third kappa shape index (κ3) is 3.58. The van der Waals surface area contributed by atoms with Crippen molar-refractivity contribution in [2.75, 3.05) is 0 Å². The van der Waals surface area contributed by atoms with Crippen LogP contribution in [0.15, 0.2) is 144 Å². The van der Waals surface area contributed by atoms with Crippen molar-refractivity contribution in [2.24, 2.45) is 0 Å². The van der Waals surface area contributed by atoms with Crippen LogP contribution in [0.25, 0.3) is 83.3 Å². The van der Waals surface area contributed by atoms with Gasteiger partial charge in [-0.1, -0.05) is 129 Å². The molecule has 4 nitrogen and oxygen atoms in total. The number of hydrogen-bond donors (Lipinski definition) is 0. The second kappa shape index (κ2) is 9.51. The van der Waals surface area contributed by atoms with Gasteiger partial charge in [-0.05, 0) is 46.5 Å². The zero-order valence-electron chi connectivity index (χ0n) is 26.0. The summed E-state index contributed by atoms with van der Waals surface area (Å²) in [5, 5.41) is 4.46. The van der Waals surface area contributed by atoms with Crippen LogP contribution in [0.3, 0.4) is 0 Å². The zero-order chi connectivity index (χ0) is 31.3. The molecule has 0 saturated carbocycles. The maximum absolute atomic E-state index is 6.39. The van der Waals surface area contributed by atoms with E-state index in [4.69, 9.17) is 14.4 Å². The molecule has 0 unspecified atom stereocenters. The summed E-state index contributed by atoms with van der Waals surface area (Å²) in [5.74, 6) is 0.640. The fraction of sp³-hybridized carbons (Fsp3) is 0.0698. The fourth-order valence-corrected chi connectivity index (χ4v) is 7.92. The van der Waals surface area contributed by atoms with E-state index >= 15 is 0 Å². The van der Waals surface area contributed by atoms with Crippen LogP contribution in [0.4, 0.5) is 0 Å². The van der Waals surface area contributed by atoms with E-state index in [1.54, 1.807) is 0 Å². The van der Waals surface area contributed by atoms with Gasteiger partial charge < -0.3 is 8.98 Å². The van der Waals surface area contributed by atoms with Crippen LogP contribution in [0.1, 0.15) is 25.0 Å². The molecular weight excluding hydrogens is 574 g/mol. The number of rotatable bonds is 3. The largest absolute Gasteiger partial charge is 0.438 e. The summed E-state index contributed by atoms with van der Waals surface area (Å²) in [7, 11) is 0. The van der Waals surface area contributed by atoms with Gasteiger partial charge >= 0.3 is 0 Å². The first-order valence-electron chi connectivity index (χ1n) is 16.1. The molecule has 0 radical (unpaired) electrons.